The number of nitrogens with one attached hydrogen (secondary N) is 2. The summed E-state index contributed by atoms with van der Waals surface area (Å²) in [6, 6.07) is 14.3. The maximum atomic E-state index is 12.4. The number of hydrogen-bond donors (Lipinski definition) is 2. The van der Waals surface area contributed by atoms with Gasteiger partial charge in [0.15, 0.2) is 6.10 Å². The first kappa shape index (κ1) is 20.7. The summed E-state index contributed by atoms with van der Waals surface area (Å²) in [6.07, 6.45) is 4.99. The molecule has 1 aliphatic carbocycles. The normalized spacial score (nSPS) is 15.2. The van der Waals surface area contributed by atoms with Crippen molar-refractivity contribution in [2.75, 3.05) is 12.4 Å². The van der Waals surface area contributed by atoms with E-state index in [1.54, 1.807) is 50.4 Å². The van der Waals surface area contributed by atoms with E-state index in [4.69, 9.17) is 9.47 Å². The standard InChI is InChI=1S/C23H28N2O4/c1-16(22(26)25-20-10-6-7-11-21(20)28-2)29-19-14-12-17(13-15-19)23(27)24-18-8-4-3-5-9-18/h6-7,10-16,18H,3-5,8-9H2,1-2H3,(H,24,27)(H,25,26)/t16-/m0/s1. The van der Waals surface area contributed by atoms with Crippen LogP contribution in [0.4, 0.5) is 5.69 Å². The molecule has 0 bridgehead atoms. The minimum atomic E-state index is -0.707. The van der Waals surface area contributed by atoms with E-state index in [0.29, 0.717) is 22.7 Å². The summed E-state index contributed by atoms with van der Waals surface area (Å²) in [6.45, 7) is 1.68. The molecule has 2 amide bonds. The lowest BCUT2D eigenvalue weighted by molar-refractivity contribution is -0.122. The molecule has 2 aromatic carbocycles. The maximum absolute atomic E-state index is 12.4. The predicted molar refractivity (Wildman–Crippen MR) is 112 cm³/mol. The number of hydrogen-bond acceptors (Lipinski definition) is 4. The summed E-state index contributed by atoms with van der Waals surface area (Å²) in [4.78, 5) is 24.8. The van der Waals surface area contributed by atoms with E-state index in [9.17, 15) is 9.59 Å². The van der Waals surface area contributed by atoms with Gasteiger partial charge in [-0.05, 0) is 56.2 Å². The van der Waals surface area contributed by atoms with Crippen molar-refractivity contribution in [3.63, 3.8) is 0 Å². The van der Waals surface area contributed by atoms with Crippen LogP contribution >= 0.6 is 0 Å². The Morgan fingerprint density at radius 3 is 2.38 bits per heavy atom. The zero-order valence-electron chi connectivity index (χ0n) is 16.9. The molecule has 6 heteroatoms. The average molecular weight is 396 g/mol. The smallest absolute Gasteiger partial charge is 0.265 e. The molecule has 2 N–H and O–H groups in total. The molecule has 0 aromatic heterocycles. The number of anilines is 1. The fourth-order valence-corrected chi connectivity index (χ4v) is 3.44. The Labute approximate surface area is 171 Å². The molecule has 0 heterocycles. The van der Waals surface area contributed by atoms with Crippen LogP contribution in [-0.4, -0.2) is 31.1 Å². The Kier molecular flexibility index (Phi) is 7.11. The van der Waals surface area contributed by atoms with Gasteiger partial charge in [0.1, 0.15) is 11.5 Å². The molecule has 1 saturated carbocycles. The van der Waals surface area contributed by atoms with Crippen LogP contribution < -0.4 is 20.1 Å². The molecule has 154 valence electrons. The van der Waals surface area contributed by atoms with E-state index in [0.717, 1.165) is 12.8 Å². The first-order valence-electron chi connectivity index (χ1n) is 10.1. The second kappa shape index (κ2) is 9.96. The highest BCUT2D eigenvalue weighted by Crippen LogP contribution is 2.24. The molecule has 1 aliphatic rings. The molecule has 3 rings (SSSR count). The van der Waals surface area contributed by atoms with Crippen LogP contribution in [0, 0.1) is 0 Å². The van der Waals surface area contributed by atoms with Gasteiger partial charge in [-0.15, -0.1) is 0 Å². The summed E-state index contributed by atoms with van der Waals surface area (Å²) in [5, 5.41) is 5.90. The van der Waals surface area contributed by atoms with Gasteiger partial charge in [0, 0.05) is 11.6 Å². The number of carbonyl (C=O) groups is 2. The minimum absolute atomic E-state index is 0.0644. The molecule has 0 radical (unpaired) electrons. The Morgan fingerprint density at radius 1 is 1.00 bits per heavy atom. The fourth-order valence-electron chi connectivity index (χ4n) is 3.44. The van der Waals surface area contributed by atoms with Gasteiger partial charge in [0.05, 0.1) is 12.8 Å². The maximum Gasteiger partial charge on any atom is 0.265 e. The summed E-state index contributed by atoms with van der Waals surface area (Å²) in [7, 11) is 1.55. The van der Waals surface area contributed by atoms with Gasteiger partial charge in [0.25, 0.3) is 11.8 Å². The van der Waals surface area contributed by atoms with Crippen molar-refractivity contribution in [2.45, 2.75) is 51.2 Å². The van der Waals surface area contributed by atoms with Crippen molar-refractivity contribution in [3.05, 3.63) is 54.1 Å². The second-order valence-corrected chi connectivity index (χ2v) is 7.28. The van der Waals surface area contributed by atoms with Crippen LogP contribution in [0.3, 0.4) is 0 Å². The molecule has 1 fully saturated rings. The van der Waals surface area contributed by atoms with Crippen LogP contribution in [0.2, 0.25) is 0 Å². The molecule has 1 atom stereocenters. The van der Waals surface area contributed by atoms with E-state index in [2.05, 4.69) is 10.6 Å². The van der Waals surface area contributed by atoms with E-state index in [-0.39, 0.29) is 17.9 Å². The van der Waals surface area contributed by atoms with Gasteiger partial charge in [-0.1, -0.05) is 31.4 Å². The number of ether oxygens (including phenoxy) is 2. The number of rotatable bonds is 7. The van der Waals surface area contributed by atoms with Crippen molar-refractivity contribution in [1.82, 2.24) is 5.32 Å². The lowest BCUT2D eigenvalue weighted by Crippen LogP contribution is -2.36. The highest BCUT2D eigenvalue weighted by Gasteiger charge is 2.18. The van der Waals surface area contributed by atoms with Gasteiger partial charge in [-0.25, -0.2) is 0 Å². The average Bonchev–Trinajstić information content (AvgIpc) is 2.75. The van der Waals surface area contributed by atoms with E-state index >= 15 is 0 Å². The van der Waals surface area contributed by atoms with Gasteiger partial charge in [-0.3, -0.25) is 9.59 Å². The van der Waals surface area contributed by atoms with Crippen molar-refractivity contribution in [1.29, 1.82) is 0 Å². The minimum Gasteiger partial charge on any atom is -0.495 e. The summed E-state index contributed by atoms with van der Waals surface area (Å²) < 4.78 is 11.0. The molecule has 2 aromatic rings. The molecule has 0 aliphatic heterocycles. The van der Waals surface area contributed by atoms with Crippen LogP contribution in [-0.2, 0) is 4.79 Å². The Balaban J connectivity index is 1.54. The lowest BCUT2D eigenvalue weighted by Gasteiger charge is -2.22. The predicted octanol–water partition coefficient (Wildman–Crippen LogP) is 4.16. The molecule has 29 heavy (non-hydrogen) atoms. The van der Waals surface area contributed by atoms with E-state index in [1.165, 1.54) is 19.3 Å². The number of carbonyl (C=O) groups excluding carboxylic acids is 2. The summed E-state index contributed by atoms with van der Waals surface area (Å²) in [5.74, 6) is 0.766. The van der Waals surface area contributed by atoms with Crippen molar-refractivity contribution in [3.8, 4) is 11.5 Å². The van der Waals surface area contributed by atoms with Gasteiger partial charge in [-0.2, -0.15) is 0 Å². The first-order valence-corrected chi connectivity index (χ1v) is 10.1. The summed E-state index contributed by atoms with van der Waals surface area (Å²) >= 11 is 0. The van der Waals surface area contributed by atoms with E-state index in [1.807, 2.05) is 12.1 Å². The van der Waals surface area contributed by atoms with Crippen LogP contribution in [0.25, 0.3) is 0 Å². The lowest BCUT2D eigenvalue weighted by atomic mass is 9.95. The van der Waals surface area contributed by atoms with E-state index < -0.39 is 6.10 Å². The fraction of sp³-hybridized carbons (Fsp3) is 0.391. The van der Waals surface area contributed by atoms with Crippen molar-refractivity contribution < 1.29 is 19.1 Å². The second-order valence-electron chi connectivity index (χ2n) is 7.28. The molecule has 0 unspecified atom stereocenters. The third kappa shape index (κ3) is 5.73. The highest BCUT2D eigenvalue weighted by molar-refractivity contribution is 5.96. The number of methoxy groups -OCH3 is 1. The topological polar surface area (TPSA) is 76.7 Å². The first-order chi connectivity index (χ1) is 14.1. The Hall–Kier alpha value is -3.02. The van der Waals surface area contributed by atoms with Crippen molar-refractivity contribution >= 4 is 17.5 Å². The largest absolute Gasteiger partial charge is 0.495 e. The SMILES string of the molecule is COc1ccccc1NC(=O)[C@H](C)Oc1ccc(C(=O)NC2CCCCC2)cc1. The molecule has 6 nitrogen and oxygen atoms in total. The quantitative estimate of drug-likeness (QED) is 0.737. The molecular formula is C23H28N2O4. The number of benzene rings is 2. The molecule has 0 saturated heterocycles. The summed E-state index contributed by atoms with van der Waals surface area (Å²) in [5.41, 5.74) is 1.18. The number of amides is 2. The van der Waals surface area contributed by atoms with Crippen LogP contribution in [0.5, 0.6) is 11.5 Å². The Bertz CT molecular complexity index is 829. The number of para-hydroxylation sites is 2. The molecular weight excluding hydrogens is 368 g/mol. The zero-order chi connectivity index (χ0) is 20.6. The Morgan fingerprint density at radius 2 is 1.69 bits per heavy atom. The van der Waals surface area contributed by atoms with Crippen molar-refractivity contribution in [2.24, 2.45) is 0 Å². The highest BCUT2D eigenvalue weighted by atomic mass is 16.5. The van der Waals surface area contributed by atoms with Gasteiger partial charge in [0.2, 0.25) is 0 Å². The van der Waals surface area contributed by atoms with Gasteiger partial charge < -0.3 is 20.1 Å². The molecule has 0 spiro atoms. The zero-order valence-corrected chi connectivity index (χ0v) is 16.9. The third-order valence-corrected chi connectivity index (χ3v) is 5.10. The van der Waals surface area contributed by atoms with Crippen LogP contribution in [0.1, 0.15) is 49.4 Å². The third-order valence-electron chi connectivity index (χ3n) is 5.10. The van der Waals surface area contributed by atoms with Crippen LogP contribution in [0.15, 0.2) is 48.5 Å². The monoisotopic (exact) mass is 396 g/mol. The van der Waals surface area contributed by atoms with Gasteiger partial charge >= 0.3 is 0 Å².